The minimum Gasteiger partial charge on any atom is -0.496 e. The van der Waals surface area contributed by atoms with Gasteiger partial charge in [-0.3, -0.25) is 0 Å². The van der Waals surface area contributed by atoms with Gasteiger partial charge >= 0.3 is 0 Å². The highest BCUT2D eigenvalue weighted by Crippen LogP contribution is 2.24. The Morgan fingerprint density at radius 2 is 1.73 bits per heavy atom. The zero-order chi connectivity index (χ0) is 16.2. The molecule has 0 radical (unpaired) electrons. The van der Waals surface area contributed by atoms with Crippen LogP contribution < -0.4 is 4.74 Å². The maximum absolute atomic E-state index is 12.6. The molecule has 1 unspecified atom stereocenters. The molecule has 0 fully saturated rings. The number of hydrogen-bond donors (Lipinski definition) is 0. The van der Waals surface area contributed by atoms with Gasteiger partial charge in [-0.05, 0) is 37.1 Å². The molecule has 0 aromatic heterocycles. The molecular weight excluding hydrogens is 300 g/mol. The molecule has 0 amide bonds. The first-order valence-electron chi connectivity index (χ1n) is 6.87. The van der Waals surface area contributed by atoms with Gasteiger partial charge in [0.15, 0.2) is 9.84 Å². The van der Waals surface area contributed by atoms with Gasteiger partial charge < -0.3 is 9.53 Å². The normalized spacial score (nSPS) is 12.6. The van der Waals surface area contributed by atoms with E-state index in [0.29, 0.717) is 17.6 Å². The second-order valence-corrected chi connectivity index (χ2v) is 7.22. The first kappa shape index (κ1) is 16.2. The molecule has 5 heteroatoms. The SMILES string of the molecule is COc1ccccc1CC(C=O)S(=O)(=O)c1ccc(C)cc1. The van der Waals surface area contributed by atoms with Gasteiger partial charge in [0.05, 0.1) is 12.0 Å². The van der Waals surface area contributed by atoms with Gasteiger partial charge in [0, 0.05) is 0 Å². The minimum absolute atomic E-state index is 0.0870. The first-order valence-corrected chi connectivity index (χ1v) is 8.41. The van der Waals surface area contributed by atoms with Crippen molar-refractivity contribution >= 4 is 16.1 Å². The summed E-state index contributed by atoms with van der Waals surface area (Å²) in [4.78, 5) is 11.5. The van der Waals surface area contributed by atoms with E-state index in [2.05, 4.69) is 0 Å². The van der Waals surface area contributed by atoms with Crippen molar-refractivity contribution in [2.75, 3.05) is 7.11 Å². The summed E-state index contributed by atoms with van der Waals surface area (Å²) in [5, 5.41) is -1.13. The number of aryl methyl sites for hydroxylation is 1. The van der Waals surface area contributed by atoms with Crippen LogP contribution in [-0.2, 0) is 21.1 Å². The highest BCUT2D eigenvalue weighted by molar-refractivity contribution is 7.92. The molecular formula is C17H18O4S. The Hall–Kier alpha value is -2.14. The Morgan fingerprint density at radius 3 is 2.32 bits per heavy atom. The number of para-hydroxylation sites is 1. The molecule has 0 aliphatic carbocycles. The predicted octanol–water partition coefficient (Wildman–Crippen LogP) is 2.59. The molecule has 2 aromatic carbocycles. The summed E-state index contributed by atoms with van der Waals surface area (Å²) in [6.45, 7) is 1.88. The highest BCUT2D eigenvalue weighted by atomic mass is 32.2. The lowest BCUT2D eigenvalue weighted by Gasteiger charge is -2.14. The van der Waals surface area contributed by atoms with Crippen LogP contribution in [0.2, 0.25) is 0 Å². The van der Waals surface area contributed by atoms with Gasteiger partial charge in [-0.15, -0.1) is 0 Å². The van der Waals surface area contributed by atoms with Gasteiger partial charge in [-0.2, -0.15) is 0 Å². The topological polar surface area (TPSA) is 60.4 Å². The average Bonchev–Trinajstić information content (AvgIpc) is 2.53. The van der Waals surface area contributed by atoms with Crippen LogP contribution in [0, 0.1) is 6.92 Å². The van der Waals surface area contributed by atoms with E-state index >= 15 is 0 Å². The molecule has 116 valence electrons. The van der Waals surface area contributed by atoms with Crippen LogP contribution in [0.25, 0.3) is 0 Å². The standard InChI is InChI=1S/C17H18O4S/c1-13-7-9-15(10-8-13)22(19,20)16(12-18)11-14-5-3-4-6-17(14)21-2/h3-10,12,16H,11H2,1-2H3. The van der Waals surface area contributed by atoms with E-state index in [9.17, 15) is 13.2 Å². The molecule has 0 spiro atoms. The molecule has 0 saturated carbocycles. The Balaban J connectivity index is 2.35. The molecule has 0 N–H and O–H groups in total. The van der Waals surface area contributed by atoms with Crippen molar-refractivity contribution in [3.8, 4) is 5.75 Å². The zero-order valence-corrected chi connectivity index (χ0v) is 13.3. The Bertz CT molecular complexity index is 748. The van der Waals surface area contributed by atoms with Crippen LogP contribution in [0.1, 0.15) is 11.1 Å². The number of hydrogen-bond acceptors (Lipinski definition) is 4. The van der Waals surface area contributed by atoms with E-state index in [1.54, 1.807) is 36.4 Å². The monoisotopic (exact) mass is 318 g/mol. The third-order valence-corrected chi connectivity index (χ3v) is 5.52. The molecule has 0 heterocycles. The molecule has 0 bridgehead atoms. The number of methoxy groups -OCH3 is 1. The van der Waals surface area contributed by atoms with Crippen LogP contribution in [0.4, 0.5) is 0 Å². The molecule has 0 aliphatic rings. The fourth-order valence-electron chi connectivity index (χ4n) is 2.22. The van der Waals surface area contributed by atoms with E-state index in [4.69, 9.17) is 4.74 Å². The second-order valence-electron chi connectivity index (χ2n) is 5.05. The summed E-state index contributed by atoms with van der Waals surface area (Å²) < 4.78 is 30.4. The zero-order valence-electron chi connectivity index (χ0n) is 12.5. The van der Waals surface area contributed by atoms with Crippen molar-refractivity contribution in [1.82, 2.24) is 0 Å². The van der Waals surface area contributed by atoms with E-state index in [-0.39, 0.29) is 11.3 Å². The van der Waals surface area contributed by atoms with Crippen LogP contribution in [-0.4, -0.2) is 27.1 Å². The molecule has 22 heavy (non-hydrogen) atoms. The number of carbonyl (C=O) groups excluding carboxylic acids is 1. The number of carbonyl (C=O) groups is 1. The lowest BCUT2D eigenvalue weighted by Crippen LogP contribution is -2.25. The van der Waals surface area contributed by atoms with Crippen molar-refractivity contribution in [3.63, 3.8) is 0 Å². The highest BCUT2D eigenvalue weighted by Gasteiger charge is 2.28. The van der Waals surface area contributed by atoms with Gasteiger partial charge in [0.2, 0.25) is 0 Å². The fourth-order valence-corrected chi connectivity index (χ4v) is 3.63. The van der Waals surface area contributed by atoms with E-state index < -0.39 is 15.1 Å². The van der Waals surface area contributed by atoms with Gasteiger partial charge in [0.25, 0.3) is 0 Å². The molecule has 4 nitrogen and oxygen atoms in total. The first-order chi connectivity index (χ1) is 10.5. The summed E-state index contributed by atoms with van der Waals surface area (Å²) in [7, 11) is -2.20. The maximum atomic E-state index is 12.6. The molecule has 2 rings (SSSR count). The Kier molecular flexibility index (Phi) is 4.98. The molecule has 2 aromatic rings. The fraction of sp³-hybridized carbons (Fsp3) is 0.235. The van der Waals surface area contributed by atoms with Gasteiger partial charge in [0.1, 0.15) is 17.3 Å². The smallest absolute Gasteiger partial charge is 0.188 e. The number of ether oxygens (including phenoxy) is 1. The average molecular weight is 318 g/mol. The van der Waals surface area contributed by atoms with Crippen LogP contribution >= 0.6 is 0 Å². The van der Waals surface area contributed by atoms with Crippen molar-refractivity contribution in [3.05, 3.63) is 59.7 Å². The minimum atomic E-state index is -3.71. The van der Waals surface area contributed by atoms with Crippen molar-refractivity contribution in [2.45, 2.75) is 23.5 Å². The molecule has 0 saturated heterocycles. The maximum Gasteiger partial charge on any atom is 0.188 e. The predicted molar refractivity (Wildman–Crippen MR) is 84.9 cm³/mol. The molecule has 0 aliphatic heterocycles. The largest absolute Gasteiger partial charge is 0.496 e. The quantitative estimate of drug-likeness (QED) is 0.768. The summed E-state index contributed by atoms with van der Waals surface area (Å²) in [5.74, 6) is 0.577. The third-order valence-electron chi connectivity index (χ3n) is 3.51. The number of benzene rings is 2. The van der Waals surface area contributed by atoms with Crippen LogP contribution in [0.5, 0.6) is 5.75 Å². The lowest BCUT2D eigenvalue weighted by atomic mass is 10.1. The van der Waals surface area contributed by atoms with Crippen molar-refractivity contribution in [1.29, 1.82) is 0 Å². The van der Waals surface area contributed by atoms with Crippen molar-refractivity contribution in [2.24, 2.45) is 0 Å². The Morgan fingerprint density at radius 1 is 1.09 bits per heavy atom. The number of aldehydes is 1. The second kappa shape index (κ2) is 6.75. The van der Waals surface area contributed by atoms with E-state index in [1.165, 1.54) is 19.2 Å². The summed E-state index contributed by atoms with van der Waals surface area (Å²) >= 11 is 0. The van der Waals surface area contributed by atoms with Crippen LogP contribution in [0.3, 0.4) is 0 Å². The Labute approximate surface area is 130 Å². The van der Waals surface area contributed by atoms with E-state index in [0.717, 1.165) is 5.56 Å². The lowest BCUT2D eigenvalue weighted by molar-refractivity contribution is -0.107. The summed E-state index contributed by atoms with van der Waals surface area (Å²) in [5.41, 5.74) is 1.66. The van der Waals surface area contributed by atoms with Crippen LogP contribution in [0.15, 0.2) is 53.4 Å². The van der Waals surface area contributed by atoms with Gasteiger partial charge in [-0.1, -0.05) is 35.9 Å². The number of rotatable bonds is 6. The molecule has 1 atom stereocenters. The number of sulfone groups is 1. The van der Waals surface area contributed by atoms with E-state index in [1.807, 2.05) is 6.92 Å². The van der Waals surface area contributed by atoms with Gasteiger partial charge in [-0.25, -0.2) is 8.42 Å². The third kappa shape index (κ3) is 3.36. The van der Waals surface area contributed by atoms with Crippen molar-refractivity contribution < 1.29 is 17.9 Å². The summed E-state index contributed by atoms with van der Waals surface area (Å²) in [6, 6.07) is 13.6. The summed E-state index contributed by atoms with van der Waals surface area (Å²) in [6.07, 6.45) is 0.575.